The number of hydrogen-bond donors (Lipinski definition) is 0. The number of carbonyl (C=O) groups is 2. The molecule has 0 unspecified atom stereocenters. The van der Waals surface area contributed by atoms with Gasteiger partial charge in [0, 0.05) is 0 Å². The van der Waals surface area contributed by atoms with Crippen molar-refractivity contribution in [1.82, 2.24) is 0 Å². The molecule has 9 heteroatoms. The van der Waals surface area contributed by atoms with E-state index < -0.39 is 29.6 Å². The number of hydrogen-bond acceptors (Lipinski definition) is 4. The van der Waals surface area contributed by atoms with E-state index in [1.807, 2.05) is 0 Å². The Balaban J connectivity index is 2.88. The van der Waals surface area contributed by atoms with Gasteiger partial charge in [0.05, 0.1) is 12.7 Å². The SMILES string of the molecule is COc1cccc(C(=O)OC(=O)C(F)(F)C(F)(F)F)c1. The van der Waals surface area contributed by atoms with Crippen LogP contribution in [0.25, 0.3) is 0 Å². The summed E-state index contributed by atoms with van der Waals surface area (Å²) in [6.45, 7) is 0. The number of esters is 2. The molecule has 0 saturated carbocycles. The number of benzene rings is 1. The van der Waals surface area contributed by atoms with Gasteiger partial charge >= 0.3 is 24.0 Å². The van der Waals surface area contributed by atoms with E-state index in [1.165, 1.54) is 19.2 Å². The summed E-state index contributed by atoms with van der Waals surface area (Å²) in [4.78, 5) is 22.0. The number of rotatable bonds is 3. The van der Waals surface area contributed by atoms with Crippen LogP contribution in [0.2, 0.25) is 0 Å². The fourth-order valence-electron chi connectivity index (χ4n) is 1.07. The molecular weight excluding hydrogens is 291 g/mol. The van der Waals surface area contributed by atoms with Crippen LogP contribution in [0.5, 0.6) is 5.75 Å². The van der Waals surface area contributed by atoms with Gasteiger partial charge in [0.2, 0.25) is 0 Å². The van der Waals surface area contributed by atoms with Crippen LogP contribution in [0.15, 0.2) is 24.3 Å². The number of halogens is 5. The quantitative estimate of drug-likeness (QED) is 0.489. The Labute approximate surface area is 109 Å². The van der Waals surface area contributed by atoms with Gasteiger partial charge in [0.25, 0.3) is 0 Å². The Hall–Kier alpha value is -2.19. The molecule has 0 saturated heterocycles. The maximum atomic E-state index is 12.6. The van der Waals surface area contributed by atoms with E-state index in [2.05, 4.69) is 4.74 Å². The van der Waals surface area contributed by atoms with Crippen LogP contribution < -0.4 is 4.74 Å². The van der Waals surface area contributed by atoms with Crippen molar-refractivity contribution in [2.45, 2.75) is 12.1 Å². The first-order valence-corrected chi connectivity index (χ1v) is 4.95. The second-order valence-corrected chi connectivity index (χ2v) is 3.48. The van der Waals surface area contributed by atoms with Crippen molar-refractivity contribution >= 4 is 11.9 Å². The van der Waals surface area contributed by atoms with E-state index in [1.54, 1.807) is 0 Å². The van der Waals surface area contributed by atoms with Gasteiger partial charge in [-0.25, -0.2) is 9.59 Å². The maximum Gasteiger partial charge on any atom is 0.465 e. The number of ether oxygens (including phenoxy) is 2. The van der Waals surface area contributed by atoms with Crippen molar-refractivity contribution in [2.24, 2.45) is 0 Å². The van der Waals surface area contributed by atoms with E-state index >= 15 is 0 Å². The second-order valence-electron chi connectivity index (χ2n) is 3.48. The van der Waals surface area contributed by atoms with E-state index in [-0.39, 0.29) is 5.75 Å². The Morgan fingerprint density at radius 3 is 2.20 bits per heavy atom. The fourth-order valence-corrected chi connectivity index (χ4v) is 1.07. The van der Waals surface area contributed by atoms with Gasteiger partial charge in [-0.1, -0.05) is 6.07 Å². The lowest BCUT2D eigenvalue weighted by Crippen LogP contribution is -2.45. The van der Waals surface area contributed by atoms with Gasteiger partial charge < -0.3 is 9.47 Å². The third-order valence-corrected chi connectivity index (χ3v) is 2.10. The van der Waals surface area contributed by atoms with Crippen LogP contribution in [0, 0.1) is 0 Å². The summed E-state index contributed by atoms with van der Waals surface area (Å²) < 4.78 is 69.0. The summed E-state index contributed by atoms with van der Waals surface area (Å²) in [5, 5.41) is 0. The summed E-state index contributed by atoms with van der Waals surface area (Å²) in [6.07, 6.45) is -6.14. The van der Waals surface area contributed by atoms with Crippen molar-refractivity contribution in [3.63, 3.8) is 0 Å². The van der Waals surface area contributed by atoms with Crippen LogP contribution in [0.4, 0.5) is 22.0 Å². The van der Waals surface area contributed by atoms with Gasteiger partial charge in [-0.2, -0.15) is 22.0 Å². The first kappa shape index (κ1) is 15.9. The molecule has 0 aliphatic carbocycles. The standard InChI is InChI=1S/C11H7F5O4/c1-19-7-4-2-3-6(5-7)8(17)20-9(18)10(12,13)11(14,15)16/h2-5H,1H3. The molecule has 20 heavy (non-hydrogen) atoms. The minimum atomic E-state index is -6.14. The fraction of sp³-hybridized carbons (Fsp3) is 0.273. The average molecular weight is 298 g/mol. The van der Waals surface area contributed by atoms with Crippen LogP contribution in [0.1, 0.15) is 10.4 Å². The lowest BCUT2D eigenvalue weighted by molar-refractivity contribution is -0.277. The van der Waals surface area contributed by atoms with E-state index in [9.17, 15) is 31.5 Å². The van der Waals surface area contributed by atoms with E-state index in [0.29, 0.717) is 0 Å². The van der Waals surface area contributed by atoms with Gasteiger partial charge in [-0.15, -0.1) is 0 Å². The van der Waals surface area contributed by atoms with Crippen molar-refractivity contribution in [2.75, 3.05) is 7.11 Å². The van der Waals surface area contributed by atoms with E-state index in [4.69, 9.17) is 4.74 Å². The molecule has 110 valence electrons. The van der Waals surface area contributed by atoms with E-state index in [0.717, 1.165) is 12.1 Å². The molecule has 4 nitrogen and oxygen atoms in total. The van der Waals surface area contributed by atoms with Crippen molar-refractivity contribution in [1.29, 1.82) is 0 Å². The Morgan fingerprint density at radius 1 is 1.10 bits per heavy atom. The Kier molecular flexibility index (Phi) is 4.31. The van der Waals surface area contributed by atoms with Gasteiger partial charge in [0.1, 0.15) is 5.75 Å². The minimum Gasteiger partial charge on any atom is -0.497 e. The van der Waals surface area contributed by atoms with Crippen LogP contribution in [-0.4, -0.2) is 31.1 Å². The molecule has 1 rings (SSSR count). The first-order valence-electron chi connectivity index (χ1n) is 4.95. The molecule has 0 aromatic heterocycles. The zero-order valence-corrected chi connectivity index (χ0v) is 9.83. The van der Waals surface area contributed by atoms with Crippen molar-refractivity contribution in [3.8, 4) is 5.75 Å². The highest BCUT2D eigenvalue weighted by molar-refractivity contribution is 5.99. The highest BCUT2D eigenvalue weighted by Gasteiger charge is 2.65. The molecule has 0 amide bonds. The molecule has 0 N–H and O–H groups in total. The molecule has 0 atom stereocenters. The topological polar surface area (TPSA) is 52.6 Å². The normalized spacial score (nSPS) is 11.9. The highest BCUT2D eigenvalue weighted by Crippen LogP contribution is 2.36. The van der Waals surface area contributed by atoms with Crippen LogP contribution in [-0.2, 0) is 9.53 Å². The highest BCUT2D eigenvalue weighted by atomic mass is 19.4. The Bertz CT molecular complexity index is 524. The summed E-state index contributed by atoms with van der Waals surface area (Å²) in [7, 11) is 1.24. The minimum absolute atomic E-state index is 0.134. The summed E-state index contributed by atoms with van der Waals surface area (Å²) in [5.74, 6) is -10.3. The van der Waals surface area contributed by atoms with Crippen molar-refractivity contribution in [3.05, 3.63) is 29.8 Å². The second kappa shape index (κ2) is 5.43. The molecule has 0 fully saturated rings. The molecule has 0 heterocycles. The van der Waals surface area contributed by atoms with Crippen LogP contribution >= 0.6 is 0 Å². The predicted molar refractivity (Wildman–Crippen MR) is 54.4 cm³/mol. The number of carbonyl (C=O) groups excluding carboxylic acids is 2. The summed E-state index contributed by atoms with van der Waals surface area (Å²) in [6, 6.07) is 4.73. The lowest BCUT2D eigenvalue weighted by atomic mass is 10.2. The largest absolute Gasteiger partial charge is 0.497 e. The van der Waals surface area contributed by atoms with Gasteiger partial charge in [0.15, 0.2) is 0 Å². The molecule has 0 bridgehead atoms. The summed E-state index contributed by atoms with van der Waals surface area (Å²) >= 11 is 0. The molecule has 0 spiro atoms. The van der Waals surface area contributed by atoms with Gasteiger partial charge in [-0.05, 0) is 18.2 Å². The number of alkyl halides is 5. The molecular formula is C11H7F5O4. The van der Waals surface area contributed by atoms with Gasteiger partial charge in [-0.3, -0.25) is 0 Å². The lowest BCUT2D eigenvalue weighted by Gasteiger charge is -2.16. The third kappa shape index (κ3) is 3.22. The Morgan fingerprint density at radius 2 is 1.70 bits per heavy atom. The molecule has 0 aliphatic rings. The van der Waals surface area contributed by atoms with Crippen molar-refractivity contribution < 1.29 is 41.0 Å². The number of methoxy groups -OCH3 is 1. The smallest absolute Gasteiger partial charge is 0.465 e. The molecule has 0 radical (unpaired) electrons. The molecule has 1 aromatic rings. The zero-order valence-electron chi connectivity index (χ0n) is 9.83. The molecule has 0 aliphatic heterocycles. The predicted octanol–water partition coefficient (Wildman–Crippen LogP) is 2.58. The average Bonchev–Trinajstić information content (AvgIpc) is 2.37. The maximum absolute atomic E-state index is 12.6. The molecule has 1 aromatic carbocycles. The zero-order chi connectivity index (χ0) is 15.6. The first-order chi connectivity index (χ1) is 9.09. The third-order valence-electron chi connectivity index (χ3n) is 2.10. The monoisotopic (exact) mass is 298 g/mol. The summed E-state index contributed by atoms with van der Waals surface area (Å²) in [5.41, 5.74) is -0.407. The van der Waals surface area contributed by atoms with Crippen LogP contribution in [0.3, 0.4) is 0 Å².